The lowest BCUT2D eigenvalue weighted by molar-refractivity contribution is -0.132. The average Bonchev–Trinajstić information content (AvgIpc) is 2.88. The minimum atomic E-state index is -0.503. The molecule has 1 aromatic rings. The van der Waals surface area contributed by atoms with Crippen LogP contribution in [0.15, 0.2) is 4.52 Å². The molecule has 0 aromatic carbocycles. The van der Waals surface area contributed by atoms with Crippen molar-refractivity contribution in [2.75, 3.05) is 19.6 Å². The maximum Gasteiger partial charge on any atom is 0.407 e. The summed E-state index contributed by atoms with van der Waals surface area (Å²) >= 11 is 0. The van der Waals surface area contributed by atoms with Gasteiger partial charge in [0.25, 0.3) is 0 Å². The third kappa shape index (κ3) is 6.04. The molecule has 2 heterocycles. The SMILES string of the molecule is Cc1noc(C)c1CCC(=O)N1CCC[C@@H](CNC(=O)OC(C)(C)C)C1. The van der Waals surface area contributed by atoms with E-state index in [1.165, 1.54) is 0 Å². The van der Waals surface area contributed by atoms with Crippen LogP contribution in [-0.2, 0) is 16.0 Å². The van der Waals surface area contributed by atoms with Gasteiger partial charge in [0.2, 0.25) is 5.91 Å². The van der Waals surface area contributed by atoms with E-state index in [1.54, 1.807) is 0 Å². The molecule has 0 aliphatic carbocycles. The number of aromatic nitrogens is 1. The summed E-state index contributed by atoms with van der Waals surface area (Å²) in [6, 6.07) is 0. The molecule has 1 fully saturated rings. The smallest absolute Gasteiger partial charge is 0.407 e. The minimum Gasteiger partial charge on any atom is -0.444 e. The van der Waals surface area contributed by atoms with Gasteiger partial charge < -0.3 is 19.5 Å². The van der Waals surface area contributed by atoms with Crippen LogP contribution in [-0.4, -0.2) is 47.3 Å². The lowest BCUT2D eigenvalue weighted by atomic mass is 9.97. The molecule has 2 amide bonds. The zero-order valence-electron chi connectivity index (χ0n) is 16.6. The molecule has 1 aromatic heterocycles. The molecule has 26 heavy (non-hydrogen) atoms. The summed E-state index contributed by atoms with van der Waals surface area (Å²) in [5.41, 5.74) is 1.38. The van der Waals surface area contributed by atoms with E-state index in [0.29, 0.717) is 25.9 Å². The normalized spacial score (nSPS) is 17.9. The number of nitrogens with one attached hydrogen (secondary N) is 1. The molecule has 7 heteroatoms. The van der Waals surface area contributed by atoms with Crippen LogP contribution in [0.4, 0.5) is 4.79 Å². The Labute approximate surface area is 155 Å². The third-order valence-electron chi connectivity index (χ3n) is 4.58. The first-order chi connectivity index (χ1) is 12.2. The van der Waals surface area contributed by atoms with Crippen LogP contribution in [0.3, 0.4) is 0 Å². The quantitative estimate of drug-likeness (QED) is 0.867. The van der Waals surface area contributed by atoms with Crippen LogP contribution >= 0.6 is 0 Å². The number of amides is 2. The monoisotopic (exact) mass is 365 g/mol. The second kappa shape index (κ2) is 8.56. The highest BCUT2D eigenvalue weighted by molar-refractivity contribution is 5.76. The van der Waals surface area contributed by atoms with Gasteiger partial charge in [0.05, 0.1) is 5.69 Å². The Kier molecular flexibility index (Phi) is 6.67. The molecule has 0 bridgehead atoms. The topological polar surface area (TPSA) is 84.7 Å². The zero-order valence-corrected chi connectivity index (χ0v) is 16.6. The lowest BCUT2D eigenvalue weighted by Crippen LogP contribution is -2.44. The molecule has 0 unspecified atom stereocenters. The van der Waals surface area contributed by atoms with E-state index in [0.717, 1.165) is 36.4 Å². The first-order valence-electron chi connectivity index (χ1n) is 9.32. The molecule has 1 saturated heterocycles. The Morgan fingerprint density at radius 2 is 2.08 bits per heavy atom. The first kappa shape index (κ1) is 20.3. The van der Waals surface area contributed by atoms with Gasteiger partial charge in [0.1, 0.15) is 11.4 Å². The third-order valence-corrected chi connectivity index (χ3v) is 4.58. The number of carbonyl (C=O) groups excluding carboxylic acids is 2. The van der Waals surface area contributed by atoms with Gasteiger partial charge in [-0.3, -0.25) is 4.79 Å². The van der Waals surface area contributed by atoms with Crippen LogP contribution in [0.5, 0.6) is 0 Å². The van der Waals surface area contributed by atoms with Crippen molar-refractivity contribution in [3.63, 3.8) is 0 Å². The van der Waals surface area contributed by atoms with E-state index < -0.39 is 11.7 Å². The number of ether oxygens (including phenoxy) is 1. The van der Waals surface area contributed by atoms with E-state index in [2.05, 4.69) is 10.5 Å². The molecule has 7 nitrogen and oxygen atoms in total. The van der Waals surface area contributed by atoms with Gasteiger partial charge >= 0.3 is 6.09 Å². The number of nitrogens with zero attached hydrogens (tertiary/aromatic N) is 2. The van der Waals surface area contributed by atoms with Crippen molar-refractivity contribution in [1.82, 2.24) is 15.4 Å². The largest absolute Gasteiger partial charge is 0.444 e. The predicted octanol–water partition coefficient (Wildman–Crippen LogP) is 2.99. The number of alkyl carbamates (subject to hydrolysis) is 1. The predicted molar refractivity (Wildman–Crippen MR) is 97.8 cm³/mol. The van der Waals surface area contributed by atoms with Crippen molar-refractivity contribution >= 4 is 12.0 Å². The van der Waals surface area contributed by atoms with Crippen molar-refractivity contribution < 1.29 is 18.8 Å². The van der Waals surface area contributed by atoms with Crippen LogP contribution in [0.2, 0.25) is 0 Å². The average molecular weight is 365 g/mol. The molecule has 0 saturated carbocycles. The van der Waals surface area contributed by atoms with E-state index in [1.807, 2.05) is 39.5 Å². The van der Waals surface area contributed by atoms with Gasteiger partial charge in [0.15, 0.2) is 0 Å². The Morgan fingerprint density at radius 3 is 2.69 bits per heavy atom. The Bertz CT molecular complexity index is 614. The van der Waals surface area contributed by atoms with Crippen molar-refractivity contribution in [1.29, 1.82) is 0 Å². The molecule has 1 aliphatic rings. The van der Waals surface area contributed by atoms with E-state index >= 15 is 0 Å². The van der Waals surface area contributed by atoms with Crippen LogP contribution in [0, 0.1) is 19.8 Å². The van der Waals surface area contributed by atoms with E-state index in [4.69, 9.17) is 9.26 Å². The second-order valence-electron chi connectivity index (χ2n) is 8.03. The summed E-state index contributed by atoms with van der Waals surface area (Å²) in [5, 5.41) is 6.75. The summed E-state index contributed by atoms with van der Waals surface area (Å²) < 4.78 is 10.4. The Morgan fingerprint density at radius 1 is 1.35 bits per heavy atom. The molecular weight excluding hydrogens is 334 g/mol. The van der Waals surface area contributed by atoms with Crippen molar-refractivity contribution in [3.05, 3.63) is 17.0 Å². The highest BCUT2D eigenvalue weighted by atomic mass is 16.6. The standard InChI is InChI=1S/C19H31N3O4/c1-13-16(14(2)26-21-13)8-9-17(23)22-10-6-7-15(12-22)11-20-18(24)25-19(3,4)5/h15H,6-12H2,1-5H3,(H,20,24)/t15-/m0/s1. The van der Waals surface area contributed by atoms with Crippen LogP contribution in [0.1, 0.15) is 57.1 Å². The molecule has 1 aliphatic heterocycles. The Balaban J connectivity index is 1.78. The molecule has 146 valence electrons. The fraction of sp³-hybridized carbons (Fsp3) is 0.737. The molecule has 1 atom stereocenters. The second-order valence-corrected chi connectivity index (χ2v) is 8.03. The molecular formula is C19H31N3O4. The fourth-order valence-corrected chi connectivity index (χ4v) is 3.25. The minimum absolute atomic E-state index is 0.145. The summed E-state index contributed by atoms with van der Waals surface area (Å²) in [6.07, 6.45) is 2.66. The van der Waals surface area contributed by atoms with E-state index in [9.17, 15) is 9.59 Å². The van der Waals surface area contributed by atoms with Crippen LogP contribution < -0.4 is 5.32 Å². The fourth-order valence-electron chi connectivity index (χ4n) is 3.25. The maximum absolute atomic E-state index is 12.6. The highest BCUT2D eigenvalue weighted by Crippen LogP contribution is 2.19. The number of likely N-dealkylation sites (tertiary alicyclic amines) is 1. The number of carbonyl (C=O) groups is 2. The van der Waals surface area contributed by atoms with Gasteiger partial charge in [0, 0.05) is 31.6 Å². The summed E-state index contributed by atoms with van der Waals surface area (Å²) in [4.78, 5) is 26.2. The summed E-state index contributed by atoms with van der Waals surface area (Å²) in [6.45, 7) is 11.3. The van der Waals surface area contributed by atoms with Crippen molar-refractivity contribution in [2.45, 2.75) is 65.9 Å². The Hall–Kier alpha value is -2.05. The molecule has 2 rings (SSSR count). The van der Waals surface area contributed by atoms with Gasteiger partial charge in [-0.1, -0.05) is 5.16 Å². The number of piperidine rings is 1. The van der Waals surface area contributed by atoms with Gasteiger partial charge in [-0.05, 0) is 59.8 Å². The number of aryl methyl sites for hydroxylation is 2. The molecule has 1 N–H and O–H groups in total. The summed E-state index contributed by atoms with van der Waals surface area (Å²) in [7, 11) is 0. The van der Waals surface area contributed by atoms with E-state index in [-0.39, 0.29) is 11.8 Å². The summed E-state index contributed by atoms with van der Waals surface area (Å²) in [5.74, 6) is 1.19. The van der Waals surface area contributed by atoms with Crippen molar-refractivity contribution in [2.24, 2.45) is 5.92 Å². The van der Waals surface area contributed by atoms with Gasteiger partial charge in [-0.15, -0.1) is 0 Å². The molecule has 0 radical (unpaired) electrons. The van der Waals surface area contributed by atoms with Crippen LogP contribution in [0.25, 0.3) is 0 Å². The maximum atomic E-state index is 12.6. The molecule has 0 spiro atoms. The number of hydrogen-bond acceptors (Lipinski definition) is 5. The van der Waals surface area contributed by atoms with Crippen molar-refractivity contribution in [3.8, 4) is 0 Å². The lowest BCUT2D eigenvalue weighted by Gasteiger charge is -2.33. The van der Waals surface area contributed by atoms with Gasteiger partial charge in [-0.2, -0.15) is 0 Å². The zero-order chi connectivity index (χ0) is 19.3. The van der Waals surface area contributed by atoms with Gasteiger partial charge in [-0.25, -0.2) is 4.79 Å². The number of rotatable bonds is 5. The highest BCUT2D eigenvalue weighted by Gasteiger charge is 2.25. The number of hydrogen-bond donors (Lipinski definition) is 1. The first-order valence-corrected chi connectivity index (χ1v) is 9.32.